The highest BCUT2D eigenvalue weighted by Gasteiger charge is 2.19. The molecule has 9 heteroatoms. The zero-order valence-electron chi connectivity index (χ0n) is 10.8. The van der Waals surface area contributed by atoms with Crippen LogP contribution in [-0.2, 0) is 11.4 Å². The first-order chi connectivity index (χ1) is 9.67. The van der Waals surface area contributed by atoms with Gasteiger partial charge in [-0.05, 0) is 12.5 Å². The van der Waals surface area contributed by atoms with Crippen LogP contribution in [0.3, 0.4) is 0 Å². The normalized spacial score (nSPS) is 13.1. The summed E-state index contributed by atoms with van der Waals surface area (Å²) in [6.07, 6.45) is 2.04. The Hall–Kier alpha value is -1.15. The van der Waals surface area contributed by atoms with Gasteiger partial charge in [-0.25, -0.2) is 5.84 Å². The molecule has 0 amide bonds. The molecule has 2 rings (SSSR count). The maximum Gasteiger partial charge on any atom is 0.210 e. The van der Waals surface area contributed by atoms with E-state index in [4.69, 9.17) is 29.0 Å². The Labute approximate surface area is 130 Å². The topological polar surface area (TPSA) is 87.2 Å². The minimum Gasteiger partial charge on any atom is -0.322 e. The first-order valence-corrected chi connectivity index (χ1v) is 7.54. The predicted octanol–water partition coefficient (Wildman–Crippen LogP) is 3.75. The van der Waals surface area contributed by atoms with E-state index in [2.05, 4.69) is 31.4 Å². The van der Waals surface area contributed by atoms with Gasteiger partial charge in [-0.3, -0.25) is 10.4 Å². The van der Waals surface area contributed by atoms with Gasteiger partial charge >= 0.3 is 0 Å². The molecule has 0 spiro atoms. The number of halogens is 2. The van der Waals surface area contributed by atoms with Crippen LogP contribution in [0.5, 0.6) is 0 Å². The van der Waals surface area contributed by atoms with Crippen LogP contribution in [0.4, 0.5) is 17.1 Å². The van der Waals surface area contributed by atoms with E-state index in [1.54, 1.807) is 6.07 Å². The molecule has 4 N–H and O–H groups in total. The first kappa shape index (κ1) is 15.2. The summed E-state index contributed by atoms with van der Waals surface area (Å²) in [5, 5.41) is 3.95. The fourth-order valence-corrected chi connectivity index (χ4v) is 2.74. The van der Waals surface area contributed by atoms with E-state index in [0.29, 0.717) is 39.6 Å². The molecule has 1 aromatic rings. The summed E-state index contributed by atoms with van der Waals surface area (Å²) >= 11 is 13.3. The lowest BCUT2D eigenvalue weighted by Crippen LogP contribution is -2.36. The number of fused-ring (bicyclic) bond motifs is 1. The molecule has 0 aliphatic carbocycles. The SMILES string of the molecule is CCCCN=C(NN)Nc1c(Cl)cc(Cl)c2c1N=S=N2. The number of nitrogens with zero attached hydrogens (tertiary/aromatic N) is 3. The lowest BCUT2D eigenvalue weighted by atomic mass is 10.2. The van der Waals surface area contributed by atoms with Crippen LogP contribution in [0.1, 0.15) is 19.8 Å². The van der Waals surface area contributed by atoms with Crippen molar-refractivity contribution in [2.24, 2.45) is 19.6 Å². The van der Waals surface area contributed by atoms with Crippen molar-refractivity contribution in [2.45, 2.75) is 19.8 Å². The fourth-order valence-electron chi connectivity index (χ4n) is 1.58. The lowest BCUT2D eigenvalue weighted by molar-refractivity contribution is 0.801. The molecule has 20 heavy (non-hydrogen) atoms. The van der Waals surface area contributed by atoms with E-state index in [9.17, 15) is 0 Å². The van der Waals surface area contributed by atoms with Crippen LogP contribution in [0.25, 0.3) is 0 Å². The molecule has 0 saturated carbocycles. The highest BCUT2D eigenvalue weighted by Crippen LogP contribution is 2.47. The second-order valence-corrected chi connectivity index (χ2v) is 5.37. The monoisotopic (exact) mass is 332 g/mol. The maximum absolute atomic E-state index is 6.19. The van der Waals surface area contributed by atoms with E-state index in [0.717, 1.165) is 24.2 Å². The van der Waals surface area contributed by atoms with Gasteiger partial charge in [0.1, 0.15) is 11.4 Å². The Kier molecular flexibility index (Phi) is 5.36. The van der Waals surface area contributed by atoms with Gasteiger partial charge in [-0.15, -0.1) is 0 Å². The zero-order valence-corrected chi connectivity index (χ0v) is 13.1. The first-order valence-electron chi connectivity index (χ1n) is 6.05. The molecule has 0 unspecified atom stereocenters. The van der Waals surface area contributed by atoms with E-state index in [-0.39, 0.29) is 0 Å². The van der Waals surface area contributed by atoms with Crippen molar-refractivity contribution in [3.63, 3.8) is 0 Å². The Balaban J connectivity index is 2.28. The molecule has 0 radical (unpaired) electrons. The summed E-state index contributed by atoms with van der Waals surface area (Å²) in [5.41, 5.74) is 4.31. The summed E-state index contributed by atoms with van der Waals surface area (Å²) in [5.74, 6) is 5.88. The van der Waals surface area contributed by atoms with Gasteiger partial charge in [0, 0.05) is 6.54 Å². The molecular formula is C11H14Cl2N6S. The van der Waals surface area contributed by atoms with Gasteiger partial charge in [-0.2, -0.15) is 8.73 Å². The summed E-state index contributed by atoms with van der Waals surface area (Å²) < 4.78 is 8.34. The van der Waals surface area contributed by atoms with Crippen LogP contribution < -0.4 is 16.6 Å². The van der Waals surface area contributed by atoms with Gasteiger partial charge in [0.15, 0.2) is 0 Å². The minimum atomic E-state index is 0.428. The molecule has 0 fully saturated rings. The Morgan fingerprint density at radius 3 is 2.80 bits per heavy atom. The quantitative estimate of drug-likeness (QED) is 0.262. The summed E-state index contributed by atoms with van der Waals surface area (Å²) in [6, 6.07) is 1.62. The number of hydrogen-bond donors (Lipinski definition) is 3. The van der Waals surface area contributed by atoms with Crippen molar-refractivity contribution in [1.82, 2.24) is 5.43 Å². The van der Waals surface area contributed by atoms with Crippen molar-refractivity contribution in [3.05, 3.63) is 16.1 Å². The number of rotatable bonds is 4. The number of hydrazine groups is 1. The fraction of sp³-hybridized carbons (Fsp3) is 0.364. The van der Waals surface area contributed by atoms with Crippen molar-refractivity contribution < 1.29 is 0 Å². The third kappa shape index (κ3) is 3.29. The van der Waals surface area contributed by atoms with Crippen LogP contribution in [0.15, 0.2) is 19.8 Å². The second kappa shape index (κ2) is 7.03. The number of benzene rings is 1. The molecule has 0 atom stereocenters. The minimum absolute atomic E-state index is 0.428. The Morgan fingerprint density at radius 1 is 1.35 bits per heavy atom. The van der Waals surface area contributed by atoms with Gasteiger partial charge < -0.3 is 5.32 Å². The maximum atomic E-state index is 6.19. The largest absolute Gasteiger partial charge is 0.322 e. The van der Waals surface area contributed by atoms with Crippen LogP contribution in [-0.4, -0.2) is 12.5 Å². The van der Waals surface area contributed by atoms with Crippen molar-refractivity contribution >= 4 is 57.6 Å². The summed E-state index contributed by atoms with van der Waals surface area (Å²) in [7, 11) is 0. The molecule has 1 heterocycles. The van der Waals surface area contributed by atoms with Crippen molar-refractivity contribution in [3.8, 4) is 0 Å². The van der Waals surface area contributed by atoms with Gasteiger partial charge in [0.2, 0.25) is 5.96 Å². The second-order valence-electron chi connectivity index (χ2n) is 4.03. The average molecular weight is 333 g/mol. The van der Waals surface area contributed by atoms with Crippen LogP contribution >= 0.6 is 23.2 Å². The standard InChI is InChI=1S/C11H14Cl2N6S/c1-2-3-4-15-11(17-14)16-8-6(12)5-7(13)9-10(8)19-20-18-9/h5H,2-4,14H2,1H3,(H2,15,16,17). The third-order valence-corrected chi connectivity index (χ3v) is 3.72. The number of nitrogens with one attached hydrogen (secondary N) is 2. The molecule has 1 aliphatic rings. The third-order valence-electron chi connectivity index (χ3n) is 2.61. The van der Waals surface area contributed by atoms with E-state index >= 15 is 0 Å². The number of guanidine groups is 1. The number of unbranched alkanes of at least 4 members (excludes halogenated alkanes) is 1. The molecule has 0 saturated heterocycles. The van der Waals surface area contributed by atoms with E-state index in [1.165, 1.54) is 0 Å². The Bertz CT molecular complexity index is 609. The smallest absolute Gasteiger partial charge is 0.210 e. The van der Waals surface area contributed by atoms with Gasteiger partial charge in [0.05, 0.1) is 27.1 Å². The molecule has 0 aromatic heterocycles. The molecule has 0 bridgehead atoms. The number of nitrogens with two attached hydrogens (primary N) is 1. The molecule has 6 nitrogen and oxygen atoms in total. The van der Waals surface area contributed by atoms with Crippen molar-refractivity contribution in [1.29, 1.82) is 0 Å². The van der Waals surface area contributed by atoms with E-state index in [1.807, 2.05) is 0 Å². The summed E-state index contributed by atoms with van der Waals surface area (Å²) in [6.45, 7) is 2.77. The van der Waals surface area contributed by atoms with Crippen LogP contribution in [0.2, 0.25) is 10.0 Å². The lowest BCUT2D eigenvalue weighted by Gasteiger charge is -2.13. The Morgan fingerprint density at radius 2 is 2.10 bits per heavy atom. The van der Waals surface area contributed by atoms with E-state index < -0.39 is 0 Å². The van der Waals surface area contributed by atoms with Crippen LogP contribution in [0, 0.1) is 0 Å². The summed E-state index contributed by atoms with van der Waals surface area (Å²) in [4.78, 5) is 4.31. The molecule has 108 valence electrons. The van der Waals surface area contributed by atoms with Crippen molar-refractivity contribution in [2.75, 3.05) is 11.9 Å². The molecule has 1 aliphatic heterocycles. The highest BCUT2D eigenvalue weighted by molar-refractivity contribution is 7.58. The molecule has 1 aromatic carbocycles. The highest BCUT2D eigenvalue weighted by atomic mass is 35.5. The van der Waals surface area contributed by atoms with Gasteiger partial charge in [-0.1, -0.05) is 36.5 Å². The zero-order chi connectivity index (χ0) is 14.5. The number of hydrogen-bond acceptors (Lipinski definition) is 4. The number of aliphatic imine (C=N–C) groups is 1. The van der Waals surface area contributed by atoms with Gasteiger partial charge in [0.25, 0.3) is 0 Å². The molecular weight excluding hydrogens is 319 g/mol. The number of anilines is 1. The predicted molar refractivity (Wildman–Crippen MR) is 86.2 cm³/mol. The average Bonchev–Trinajstić information content (AvgIpc) is 2.91.